The summed E-state index contributed by atoms with van der Waals surface area (Å²) in [6, 6.07) is 5.83. The van der Waals surface area contributed by atoms with E-state index in [0.717, 1.165) is 51.4 Å². The number of fused-ring (bicyclic) bond motifs is 1. The first-order valence-corrected chi connectivity index (χ1v) is 8.66. The van der Waals surface area contributed by atoms with E-state index < -0.39 is 0 Å². The predicted octanol–water partition coefficient (Wildman–Crippen LogP) is 0.770. The van der Waals surface area contributed by atoms with Crippen molar-refractivity contribution in [1.29, 1.82) is 0 Å². The van der Waals surface area contributed by atoms with Gasteiger partial charge in [-0.05, 0) is 31.0 Å². The third-order valence-corrected chi connectivity index (χ3v) is 4.53. The molecule has 2 saturated heterocycles. The second-order valence-corrected chi connectivity index (χ2v) is 6.25. The molecule has 8 heteroatoms. The van der Waals surface area contributed by atoms with Crippen molar-refractivity contribution >= 4 is 22.6 Å². The number of amides is 1. The molecule has 2 aliphatic heterocycles. The summed E-state index contributed by atoms with van der Waals surface area (Å²) in [6.07, 6.45) is 2.10. The lowest BCUT2D eigenvalue weighted by atomic mass is 10.2. The van der Waals surface area contributed by atoms with Crippen LogP contribution in [-0.2, 0) is 9.47 Å². The Labute approximate surface area is 145 Å². The molecule has 0 spiro atoms. The fraction of sp³-hybridized carbons (Fsp3) is 0.529. The molecule has 8 nitrogen and oxygen atoms in total. The third-order valence-electron chi connectivity index (χ3n) is 4.53. The molecule has 4 rings (SSSR count). The van der Waals surface area contributed by atoms with Crippen LogP contribution in [0.5, 0.6) is 0 Å². The zero-order valence-corrected chi connectivity index (χ0v) is 14.0. The van der Waals surface area contributed by atoms with E-state index in [0.29, 0.717) is 17.6 Å². The number of nitrogens with zero attached hydrogens (tertiary/aromatic N) is 4. The molecule has 0 aliphatic carbocycles. The largest absolute Gasteiger partial charge is 0.378 e. The summed E-state index contributed by atoms with van der Waals surface area (Å²) in [6.45, 7) is 4.37. The summed E-state index contributed by atoms with van der Waals surface area (Å²) < 4.78 is 10.9. The Morgan fingerprint density at radius 2 is 2.08 bits per heavy atom. The molecule has 0 bridgehead atoms. The minimum Gasteiger partial charge on any atom is -0.378 e. The average molecular weight is 343 g/mol. The van der Waals surface area contributed by atoms with E-state index in [1.54, 1.807) is 0 Å². The first-order chi connectivity index (χ1) is 12.3. The second kappa shape index (κ2) is 7.28. The van der Waals surface area contributed by atoms with Crippen molar-refractivity contribution in [1.82, 2.24) is 20.5 Å². The first kappa shape index (κ1) is 16.2. The highest BCUT2D eigenvalue weighted by Gasteiger charge is 2.18. The summed E-state index contributed by atoms with van der Waals surface area (Å²) in [5, 5.41) is 10.9. The van der Waals surface area contributed by atoms with Gasteiger partial charge in [-0.15, -0.1) is 10.2 Å². The molecule has 1 unspecified atom stereocenters. The Bertz CT molecular complexity index is 757. The lowest BCUT2D eigenvalue weighted by Gasteiger charge is -2.28. The number of rotatable bonds is 4. The van der Waals surface area contributed by atoms with Crippen LogP contribution in [0.1, 0.15) is 23.5 Å². The molecular weight excluding hydrogens is 322 g/mol. The Morgan fingerprint density at radius 1 is 1.20 bits per heavy atom. The van der Waals surface area contributed by atoms with Gasteiger partial charge in [0.05, 0.1) is 24.8 Å². The van der Waals surface area contributed by atoms with E-state index in [-0.39, 0.29) is 17.8 Å². The molecule has 0 radical (unpaired) electrons. The zero-order valence-electron chi connectivity index (χ0n) is 14.0. The number of hydrogen-bond donors (Lipinski definition) is 1. The van der Waals surface area contributed by atoms with E-state index in [2.05, 4.69) is 25.4 Å². The van der Waals surface area contributed by atoms with E-state index in [9.17, 15) is 4.79 Å². The van der Waals surface area contributed by atoms with Gasteiger partial charge in [-0.2, -0.15) is 0 Å². The first-order valence-electron chi connectivity index (χ1n) is 8.66. The zero-order chi connectivity index (χ0) is 17.1. The van der Waals surface area contributed by atoms with Crippen molar-refractivity contribution in [2.45, 2.75) is 18.9 Å². The number of benzene rings is 1. The van der Waals surface area contributed by atoms with Crippen molar-refractivity contribution in [2.24, 2.45) is 0 Å². The van der Waals surface area contributed by atoms with E-state index in [1.165, 1.54) is 0 Å². The molecule has 1 N–H and O–H groups in total. The van der Waals surface area contributed by atoms with Crippen LogP contribution in [0.4, 0.5) is 5.69 Å². The molecule has 0 saturated carbocycles. The fourth-order valence-electron chi connectivity index (χ4n) is 3.13. The van der Waals surface area contributed by atoms with Crippen LogP contribution < -0.4 is 10.2 Å². The highest BCUT2D eigenvalue weighted by atomic mass is 16.5. The molecule has 1 aromatic carbocycles. The molecule has 3 heterocycles. The molecule has 25 heavy (non-hydrogen) atoms. The summed E-state index contributed by atoms with van der Waals surface area (Å²) in [4.78, 5) is 18.9. The van der Waals surface area contributed by atoms with Gasteiger partial charge in [-0.1, -0.05) is 0 Å². The number of carbonyl (C=O) groups is 1. The average Bonchev–Trinajstić information content (AvgIpc) is 3.19. The van der Waals surface area contributed by atoms with E-state index >= 15 is 0 Å². The summed E-state index contributed by atoms with van der Waals surface area (Å²) in [5.74, 6) is -0.230. The molecule has 2 fully saturated rings. The smallest absolute Gasteiger partial charge is 0.291 e. The number of nitrogens with one attached hydrogen (secondary N) is 1. The molecular formula is C17H21N5O3. The minimum atomic E-state index is -0.318. The third kappa shape index (κ3) is 3.69. The Kier molecular flexibility index (Phi) is 4.71. The van der Waals surface area contributed by atoms with Crippen molar-refractivity contribution in [3.8, 4) is 0 Å². The topological polar surface area (TPSA) is 89.5 Å². The molecule has 1 aromatic heterocycles. The molecule has 2 aromatic rings. The summed E-state index contributed by atoms with van der Waals surface area (Å²) in [5.41, 5.74) is 2.40. The van der Waals surface area contributed by atoms with Crippen LogP contribution in [0.15, 0.2) is 18.2 Å². The van der Waals surface area contributed by atoms with E-state index in [4.69, 9.17) is 9.47 Å². The molecule has 2 aliphatic rings. The summed E-state index contributed by atoms with van der Waals surface area (Å²) in [7, 11) is 0. The van der Waals surface area contributed by atoms with E-state index in [1.807, 2.05) is 18.2 Å². The number of aromatic nitrogens is 3. The lowest BCUT2D eigenvalue weighted by molar-refractivity contribution is 0.0848. The SMILES string of the molecule is O=C(NCC1CCCO1)c1nnc2ccc(N3CCOCC3)cc2n1. The Hall–Kier alpha value is -2.32. The summed E-state index contributed by atoms with van der Waals surface area (Å²) >= 11 is 0. The maximum Gasteiger partial charge on any atom is 0.291 e. The normalized spacial score (nSPS) is 20.8. The van der Waals surface area contributed by atoms with Crippen molar-refractivity contribution in [2.75, 3.05) is 44.4 Å². The molecule has 1 amide bonds. The van der Waals surface area contributed by atoms with Crippen molar-refractivity contribution in [3.05, 3.63) is 24.0 Å². The van der Waals surface area contributed by atoms with Gasteiger partial charge in [0.25, 0.3) is 5.91 Å². The number of morpholine rings is 1. The Balaban J connectivity index is 1.50. The minimum absolute atomic E-state index is 0.0876. The van der Waals surface area contributed by atoms with Crippen LogP contribution in [-0.4, -0.2) is 66.6 Å². The van der Waals surface area contributed by atoms with Crippen LogP contribution in [0.25, 0.3) is 11.0 Å². The van der Waals surface area contributed by atoms with Gasteiger partial charge in [0, 0.05) is 31.9 Å². The maximum absolute atomic E-state index is 12.3. The highest BCUT2D eigenvalue weighted by molar-refractivity contribution is 5.92. The number of hydrogen-bond acceptors (Lipinski definition) is 7. The highest BCUT2D eigenvalue weighted by Crippen LogP contribution is 2.20. The number of carbonyl (C=O) groups excluding carboxylic acids is 1. The maximum atomic E-state index is 12.3. The van der Waals surface area contributed by atoms with Crippen molar-refractivity contribution < 1.29 is 14.3 Å². The Morgan fingerprint density at radius 3 is 2.88 bits per heavy atom. The lowest BCUT2D eigenvalue weighted by Crippen LogP contribution is -2.36. The monoisotopic (exact) mass is 343 g/mol. The predicted molar refractivity (Wildman–Crippen MR) is 91.7 cm³/mol. The fourth-order valence-corrected chi connectivity index (χ4v) is 3.13. The van der Waals surface area contributed by atoms with Crippen LogP contribution in [0.3, 0.4) is 0 Å². The van der Waals surface area contributed by atoms with Gasteiger partial charge in [-0.25, -0.2) is 4.98 Å². The van der Waals surface area contributed by atoms with Crippen LogP contribution in [0, 0.1) is 0 Å². The van der Waals surface area contributed by atoms with Crippen LogP contribution in [0.2, 0.25) is 0 Å². The van der Waals surface area contributed by atoms with Gasteiger partial charge in [0.2, 0.25) is 5.82 Å². The van der Waals surface area contributed by atoms with Gasteiger partial charge >= 0.3 is 0 Å². The molecule has 1 atom stereocenters. The standard InChI is InChI=1S/C17H21N5O3/c23-17(18-11-13-2-1-7-25-13)16-19-15-10-12(3-4-14(15)20-21-16)22-5-8-24-9-6-22/h3-4,10,13H,1-2,5-9,11H2,(H,18,23). The quantitative estimate of drug-likeness (QED) is 0.877. The number of anilines is 1. The van der Waals surface area contributed by atoms with Crippen LogP contribution >= 0.6 is 0 Å². The van der Waals surface area contributed by atoms with Gasteiger partial charge in [0.15, 0.2) is 0 Å². The molecule has 132 valence electrons. The second-order valence-electron chi connectivity index (χ2n) is 6.25. The number of ether oxygens (including phenoxy) is 2. The van der Waals surface area contributed by atoms with Gasteiger partial charge in [0.1, 0.15) is 5.52 Å². The van der Waals surface area contributed by atoms with Gasteiger partial charge < -0.3 is 19.7 Å². The van der Waals surface area contributed by atoms with Gasteiger partial charge in [-0.3, -0.25) is 4.79 Å². The van der Waals surface area contributed by atoms with Crippen molar-refractivity contribution in [3.63, 3.8) is 0 Å².